The summed E-state index contributed by atoms with van der Waals surface area (Å²) in [6.45, 7) is 1.11. The minimum Gasteiger partial charge on any atom is -0.324 e. The smallest absolute Gasteiger partial charge is 0.324 e. The molecule has 5 heteroatoms. The molecule has 3 N–H and O–H groups in total. The Hall–Kier alpha value is -1.07. The maximum absolute atomic E-state index is 11.9. The van der Waals surface area contributed by atoms with Crippen LogP contribution in [0.4, 0.5) is 13.2 Å². The maximum atomic E-state index is 11.9. The van der Waals surface area contributed by atoms with Gasteiger partial charge in [-0.2, -0.15) is 13.2 Å². The van der Waals surface area contributed by atoms with Crippen LogP contribution in [0.1, 0.15) is 18.5 Å². The van der Waals surface area contributed by atoms with E-state index in [0.717, 1.165) is 5.56 Å². The van der Waals surface area contributed by atoms with Crippen molar-refractivity contribution < 1.29 is 13.2 Å². The molecule has 0 saturated heterocycles. The number of nitrogens with one attached hydrogen (secondary N) is 1. The van der Waals surface area contributed by atoms with E-state index in [0.29, 0.717) is 0 Å². The molecule has 0 heterocycles. The lowest BCUT2D eigenvalue weighted by atomic mass is 9.95. The molecule has 0 fully saturated rings. The molecule has 17 heavy (non-hydrogen) atoms. The summed E-state index contributed by atoms with van der Waals surface area (Å²) in [5, 5.41) is 2.37. The van der Waals surface area contributed by atoms with E-state index in [2.05, 4.69) is 5.32 Å². The summed E-state index contributed by atoms with van der Waals surface area (Å²) in [7, 11) is 0. The lowest BCUT2D eigenvalue weighted by molar-refractivity contribution is -0.125. The number of benzene rings is 1. The van der Waals surface area contributed by atoms with Gasteiger partial charge in [-0.3, -0.25) is 0 Å². The van der Waals surface area contributed by atoms with E-state index in [4.69, 9.17) is 5.73 Å². The van der Waals surface area contributed by atoms with E-state index in [1.807, 2.05) is 37.3 Å². The molecule has 1 rings (SSSR count). The summed E-state index contributed by atoms with van der Waals surface area (Å²) < 4.78 is 35.8. The van der Waals surface area contributed by atoms with Crippen molar-refractivity contribution in [3.63, 3.8) is 0 Å². The summed E-state index contributed by atoms with van der Waals surface area (Å²) in [6.07, 6.45) is -4.17. The Morgan fingerprint density at radius 1 is 1.24 bits per heavy atom. The molecule has 0 radical (unpaired) electrons. The normalized spacial score (nSPS) is 15.6. The van der Waals surface area contributed by atoms with Crippen molar-refractivity contribution in [2.75, 3.05) is 13.1 Å². The standard InChI is InChI=1S/C12H17F3N2/c1-9(7-17-8-12(13,14)15)11(16)10-5-3-2-4-6-10/h2-6,9,11,17H,7-8,16H2,1H3. The fourth-order valence-electron chi connectivity index (χ4n) is 1.57. The lowest BCUT2D eigenvalue weighted by Crippen LogP contribution is -2.35. The fourth-order valence-corrected chi connectivity index (χ4v) is 1.57. The van der Waals surface area contributed by atoms with Gasteiger partial charge in [-0.15, -0.1) is 0 Å². The SMILES string of the molecule is CC(CNCC(F)(F)F)C(N)c1ccccc1. The van der Waals surface area contributed by atoms with Gasteiger partial charge in [0.2, 0.25) is 0 Å². The largest absolute Gasteiger partial charge is 0.401 e. The predicted octanol–water partition coefficient (Wildman–Crippen LogP) is 2.47. The second-order valence-electron chi connectivity index (χ2n) is 4.16. The first-order valence-electron chi connectivity index (χ1n) is 5.48. The number of rotatable bonds is 5. The van der Waals surface area contributed by atoms with E-state index in [9.17, 15) is 13.2 Å². The van der Waals surface area contributed by atoms with Crippen LogP contribution in [0.3, 0.4) is 0 Å². The Morgan fingerprint density at radius 3 is 2.35 bits per heavy atom. The zero-order valence-electron chi connectivity index (χ0n) is 9.67. The third-order valence-electron chi connectivity index (χ3n) is 2.59. The van der Waals surface area contributed by atoms with Crippen molar-refractivity contribution in [2.45, 2.75) is 19.1 Å². The van der Waals surface area contributed by atoms with Gasteiger partial charge < -0.3 is 11.1 Å². The summed E-state index contributed by atoms with van der Waals surface area (Å²) in [5.41, 5.74) is 6.91. The molecule has 0 aliphatic heterocycles. The Morgan fingerprint density at radius 2 is 1.82 bits per heavy atom. The zero-order valence-corrected chi connectivity index (χ0v) is 9.67. The Labute approximate surface area is 99.0 Å². The van der Waals surface area contributed by atoms with Gasteiger partial charge in [0.1, 0.15) is 0 Å². The average molecular weight is 246 g/mol. The van der Waals surface area contributed by atoms with Crippen molar-refractivity contribution >= 4 is 0 Å². The van der Waals surface area contributed by atoms with Crippen LogP contribution < -0.4 is 11.1 Å². The first-order chi connectivity index (χ1) is 7.90. The highest BCUT2D eigenvalue weighted by molar-refractivity contribution is 5.19. The van der Waals surface area contributed by atoms with Gasteiger partial charge in [0.15, 0.2) is 0 Å². The molecule has 0 bridgehead atoms. The number of hydrogen-bond donors (Lipinski definition) is 2. The molecular formula is C12H17F3N2. The van der Waals surface area contributed by atoms with E-state index < -0.39 is 12.7 Å². The van der Waals surface area contributed by atoms with E-state index in [-0.39, 0.29) is 18.5 Å². The van der Waals surface area contributed by atoms with Gasteiger partial charge in [-0.1, -0.05) is 37.3 Å². The van der Waals surface area contributed by atoms with E-state index in [1.165, 1.54) is 0 Å². The Kier molecular flexibility index (Phi) is 4.96. The second-order valence-corrected chi connectivity index (χ2v) is 4.16. The third-order valence-corrected chi connectivity index (χ3v) is 2.59. The van der Waals surface area contributed by atoms with Crippen LogP contribution in [-0.4, -0.2) is 19.3 Å². The molecule has 0 amide bonds. The molecule has 0 aliphatic carbocycles. The van der Waals surface area contributed by atoms with Crippen LogP contribution in [0, 0.1) is 5.92 Å². The summed E-state index contributed by atoms with van der Waals surface area (Å²) in [6, 6.07) is 9.12. The molecule has 1 aromatic rings. The predicted molar refractivity (Wildman–Crippen MR) is 61.5 cm³/mol. The van der Waals surface area contributed by atoms with Crippen molar-refractivity contribution in [3.05, 3.63) is 35.9 Å². The Balaban J connectivity index is 2.40. The minimum absolute atomic E-state index is 0.0558. The topological polar surface area (TPSA) is 38.0 Å². The van der Waals surface area contributed by atoms with Gasteiger partial charge in [0.05, 0.1) is 6.54 Å². The van der Waals surface area contributed by atoms with Gasteiger partial charge in [0, 0.05) is 6.04 Å². The molecular weight excluding hydrogens is 229 g/mol. The quantitative estimate of drug-likeness (QED) is 0.837. The number of hydrogen-bond acceptors (Lipinski definition) is 2. The molecule has 2 unspecified atom stereocenters. The van der Waals surface area contributed by atoms with Gasteiger partial charge in [-0.05, 0) is 18.0 Å². The molecule has 0 aliphatic rings. The van der Waals surface area contributed by atoms with Crippen LogP contribution >= 0.6 is 0 Å². The highest BCUT2D eigenvalue weighted by Crippen LogP contribution is 2.19. The molecule has 96 valence electrons. The van der Waals surface area contributed by atoms with Crippen molar-refractivity contribution in [1.82, 2.24) is 5.32 Å². The number of halogens is 3. The summed E-state index contributed by atoms with van der Waals surface area (Å²) in [4.78, 5) is 0. The number of alkyl halides is 3. The van der Waals surface area contributed by atoms with Crippen LogP contribution in [0.2, 0.25) is 0 Å². The summed E-state index contributed by atoms with van der Waals surface area (Å²) >= 11 is 0. The summed E-state index contributed by atoms with van der Waals surface area (Å²) in [5.74, 6) is -0.0558. The molecule has 0 spiro atoms. The molecule has 2 atom stereocenters. The van der Waals surface area contributed by atoms with Gasteiger partial charge >= 0.3 is 6.18 Å². The average Bonchev–Trinajstić information content (AvgIpc) is 2.27. The van der Waals surface area contributed by atoms with E-state index >= 15 is 0 Å². The highest BCUT2D eigenvalue weighted by atomic mass is 19.4. The minimum atomic E-state index is -4.17. The molecule has 1 aromatic carbocycles. The first kappa shape index (κ1) is 14.0. The van der Waals surface area contributed by atoms with E-state index in [1.54, 1.807) is 0 Å². The van der Waals surface area contributed by atoms with Crippen molar-refractivity contribution in [1.29, 1.82) is 0 Å². The second kappa shape index (κ2) is 6.02. The van der Waals surface area contributed by atoms with Crippen LogP contribution in [0.25, 0.3) is 0 Å². The van der Waals surface area contributed by atoms with Crippen LogP contribution in [0.5, 0.6) is 0 Å². The highest BCUT2D eigenvalue weighted by Gasteiger charge is 2.26. The van der Waals surface area contributed by atoms with Crippen molar-refractivity contribution in [3.8, 4) is 0 Å². The maximum Gasteiger partial charge on any atom is 0.401 e. The lowest BCUT2D eigenvalue weighted by Gasteiger charge is -2.21. The van der Waals surface area contributed by atoms with Crippen LogP contribution in [0.15, 0.2) is 30.3 Å². The molecule has 0 saturated carbocycles. The monoisotopic (exact) mass is 246 g/mol. The molecule has 0 aromatic heterocycles. The molecule has 2 nitrogen and oxygen atoms in total. The fraction of sp³-hybridized carbons (Fsp3) is 0.500. The number of nitrogens with two attached hydrogens (primary N) is 1. The Bertz CT molecular complexity index is 324. The first-order valence-corrected chi connectivity index (χ1v) is 5.48. The third kappa shape index (κ3) is 5.19. The van der Waals surface area contributed by atoms with Crippen LogP contribution in [-0.2, 0) is 0 Å². The van der Waals surface area contributed by atoms with Crippen molar-refractivity contribution in [2.24, 2.45) is 11.7 Å². The van der Waals surface area contributed by atoms with Gasteiger partial charge in [-0.25, -0.2) is 0 Å². The zero-order chi connectivity index (χ0) is 12.9. The van der Waals surface area contributed by atoms with Gasteiger partial charge in [0.25, 0.3) is 0 Å².